The fourth-order valence-corrected chi connectivity index (χ4v) is 5.13. The van der Waals surface area contributed by atoms with Crippen molar-refractivity contribution in [1.82, 2.24) is 9.62 Å². The fraction of sp³-hybridized carbons (Fsp3) is 0.538. The number of benzene rings is 1. The third-order valence-electron chi connectivity index (χ3n) is 3.46. The van der Waals surface area contributed by atoms with Crippen LogP contribution in [0.3, 0.4) is 0 Å². The third kappa shape index (κ3) is 3.02. The number of sulfonamides is 1. The van der Waals surface area contributed by atoms with Crippen LogP contribution in [0.25, 0.3) is 0 Å². The summed E-state index contributed by atoms with van der Waals surface area (Å²) in [5.74, 6) is 0. The predicted octanol–water partition coefficient (Wildman–Crippen LogP) is 2.34. The molecule has 106 valence electrons. The van der Waals surface area contributed by atoms with Gasteiger partial charge >= 0.3 is 0 Å². The molecule has 1 atom stereocenters. The smallest absolute Gasteiger partial charge is 0.244 e. The highest BCUT2D eigenvalue weighted by Crippen LogP contribution is 2.30. The number of hydrogen-bond donors (Lipinski definition) is 1. The summed E-state index contributed by atoms with van der Waals surface area (Å²) in [5, 5.41) is 3.04. The zero-order valence-corrected chi connectivity index (χ0v) is 13.6. The van der Waals surface area contributed by atoms with Crippen LogP contribution in [0.15, 0.2) is 27.6 Å². The van der Waals surface area contributed by atoms with Gasteiger partial charge in [-0.05, 0) is 60.4 Å². The SMILES string of the molecule is CNCc1ccc(Br)c(S(=O)(=O)N2CCCC2C)c1. The van der Waals surface area contributed by atoms with E-state index in [4.69, 9.17) is 0 Å². The second-order valence-electron chi connectivity index (χ2n) is 4.90. The van der Waals surface area contributed by atoms with Crippen LogP contribution < -0.4 is 5.32 Å². The van der Waals surface area contributed by atoms with E-state index in [1.807, 2.05) is 20.0 Å². The Hall–Kier alpha value is -0.430. The topological polar surface area (TPSA) is 49.4 Å². The van der Waals surface area contributed by atoms with E-state index in [1.54, 1.807) is 16.4 Å². The number of nitrogens with one attached hydrogen (secondary N) is 1. The van der Waals surface area contributed by atoms with E-state index in [0.717, 1.165) is 18.4 Å². The lowest BCUT2D eigenvalue weighted by Crippen LogP contribution is -2.34. The maximum absolute atomic E-state index is 12.7. The molecule has 1 aromatic rings. The summed E-state index contributed by atoms with van der Waals surface area (Å²) in [6, 6.07) is 5.57. The lowest BCUT2D eigenvalue weighted by atomic mass is 10.2. The molecule has 0 amide bonds. The summed E-state index contributed by atoms with van der Waals surface area (Å²) >= 11 is 3.36. The van der Waals surface area contributed by atoms with Crippen LogP contribution in [0.5, 0.6) is 0 Å². The lowest BCUT2D eigenvalue weighted by Gasteiger charge is -2.22. The van der Waals surface area contributed by atoms with Crippen LogP contribution in [-0.4, -0.2) is 32.4 Å². The van der Waals surface area contributed by atoms with E-state index in [-0.39, 0.29) is 6.04 Å². The monoisotopic (exact) mass is 346 g/mol. The first-order valence-corrected chi connectivity index (χ1v) is 8.65. The van der Waals surface area contributed by atoms with Crippen molar-refractivity contribution in [2.24, 2.45) is 0 Å². The predicted molar refractivity (Wildman–Crippen MR) is 79.5 cm³/mol. The van der Waals surface area contributed by atoms with Crippen molar-refractivity contribution in [3.05, 3.63) is 28.2 Å². The van der Waals surface area contributed by atoms with Crippen LogP contribution in [0.2, 0.25) is 0 Å². The maximum atomic E-state index is 12.7. The molecule has 0 spiro atoms. The highest BCUT2D eigenvalue weighted by atomic mass is 79.9. The van der Waals surface area contributed by atoms with E-state index < -0.39 is 10.0 Å². The molecule has 1 aromatic carbocycles. The Morgan fingerprint density at radius 1 is 1.47 bits per heavy atom. The van der Waals surface area contributed by atoms with Crippen molar-refractivity contribution in [3.63, 3.8) is 0 Å². The molecule has 0 radical (unpaired) electrons. The molecule has 6 heteroatoms. The van der Waals surface area contributed by atoms with E-state index in [0.29, 0.717) is 22.5 Å². The highest BCUT2D eigenvalue weighted by Gasteiger charge is 2.33. The van der Waals surface area contributed by atoms with Gasteiger partial charge in [0.25, 0.3) is 0 Å². The van der Waals surface area contributed by atoms with Gasteiger partial charge in [-0.3, -0.25) is 0 Å². The molecular weight excluding hydrogens is 328 g/mol. The summed E-state index contributed by atoms with van der Waals surface area (Å²) in [6.45, 7) is 3.24. The molecule has 0 aromatic heterocycles. The maximum Gasteiger partial charge on any atom is 0.244 e. The van der Waals surface area contributed by atoms with Crippen molar-refractivity contribution in [1.29, 1.82) is 0 Å². The normalized spacial score (nSPS) is 20.9. The number of halogens is 1. The standard InChI is InChI=1S/C13H19BrN2O2S/c1-10-4-3-7-16(10)19(17,18)13-8-11(9-15-2)5-6-12(13)14/h5-6,8,10,15H,3-4,7,9H2,1-2H3. The number of nitrogens with zero attached hydrogens (tertiary/aromatic N) is 1. The first-order chi connectivity index (χ1) is 8.96. The summed E-state index contributed by atoms with van der Waals surface area (Å²) in [6.07, 6.45) is 1.88. The molecule has 1 unspecified atom stereocenters. The van der Waals surface area contributed by atoms with Crippen LogP contribution in [-0.2, 0) is 16.6 Å². The molecule has 0 aliphatic carbocycles. The Morgan fingerprint density at radius 2 is 2.21 bits per heavy atom. The van der Waals surface area contributed by atoms with Gasteiger partial charge < -0.3 is 5.32 Å². The largest absolute Gasteiger partial charge is 0.316 e. The molecule has 0 bridgehead atoms. The van der Waals surface area contributed by atoms with Crippen molar-refractivity contribution < 1.29 is 8.42 Å². The number of hydrogen-bond acceptors (Lipinski definition) is 3. The first kappa shape index (κ1) is 15.0. The minimum atomic E-state index is -3.40. The van der Waals surface area contributed by atoms with E-state index in [1.165, 1.54) is 0 Å². The molecule has 1 aliphatic rings. The molecule has 4 nitrogen and oxygen atoms in total. The lowest BCUT2D eigenvalue weighted by molar-refractivity contribution is 0.408. The molecule has 1 N–H and O–H groups in total. The van der Waals surface area contributed by atoms with Gasteiger partial charge in [0.05, 0.1) is 4.90 Å². The van der Waals surface area contributed by atoms with E-state index >= 15 is 0 Å². The molecular formula is C13H19BrN2O2S. The summed E-state index contributed by atoms with van der Waals surface area (Å²) < 4.78 is 27.6. The summed E-state index contributed by atoms with van der Waals surface area (Å²) in [5.41, 5.74) is 0.969. The van der Waals surface area contributed by atoms with E-state index in [9.17, 15) is 8.42 Å². The minimum absolute atomic E-state index is 0.0878. The molecule has 1 saturated heterocycles. The highest BCUT2D eigenvalue weighted by molar-refractivity contribution is 9.10. The van der Waals surface area contributed by atoms with Crippen LogP contribution in [0, 0.1) is 0 Å². The van der Waals surface area contributed by atoms with Crippen LogP contribution >= 0.6 is 15.9 Å². The number of rotatable bonds is 4. The van der Waals surface area contributed by atoms with Gasteiger partial charge in [0.2, 0.25) is 10.0 Å². The Labute approximate surface area is 123 Å². The van der Waals surface area contributed by atoms with Gasteiger partial charge in [-0.1, -0.05) is 6.07 Å². The Bertz CT molecular complexity index is 560. The van der Waals surface area contributed by atoms with Gasteiger partial charge in [0, 0.05) is 23.6 Å². The van der Waals surface area contributed by atoms with Gasteiger partial charge in [-0.2, -0.15) is 4.31 Å². The molecule has 1 fully saturated rings. The van der Waals surface area contributed by atoms with Crippen LogP contribution in [0.1, 0.15) is 25.3 Å². The van der Waals surface area contributed by atoms with Crippen LogP contribution in [0.4, 0.5) is 0 Å². The Balaban J connectivity index is 2.42. The molecule has 2 rings (SSSR count). The zero-order chi connectivity index (χ0) is 14.0. The average molecular weight is 347 g/mol. The summed E-state index contributed by atoms with van der Waals surface area (Å²) in [4.78, 5) is 0.369. The van der Waals surface area contributed by atoms with Crippen molar-refractivity contribution in [3.8, 4) is 0 Å². The van der Waals surface area contributed by atoms with Gasteiger partial charge in [0.1, 0.15) is 0 Å². The second-order valence-corrected chi connectivity index (χ2v) is 7.62. The van der Waals surface area contributed by atoms with Gasteiger partial charge in [0.15, 0.2) is 0 Å². The van der Waals surface area contributed by atoms with Crippen molar-refractivity contribution in [2.75, 3.05) is 13.6 Å². The van der Waals surface area contributed by atoms with Gasteiger partial charge in [-0.15, -0.1) is 0 Å². The average Bonchev–Trinajstić information content (AvgIpc) is 2.79. The fourth-order valence-electron chi connectivity index (χ4n) is 2.45. The third-order valence-corrected chi connectivity index (χ3v) is 6.46. The molecule has 19 heavy (non-hydrogen) atoms. The summed E-state index contributed by atoms with van der Waals surface area (Å²) in [7, 11) is -1.55. The quantitative estimate of drug-likeness (QED) is 0.910. The van der Waals surface area contributed by atoms with Gasteiger partial charge in [-0.25, -0.2) is 8.42 Å². The molecule has 1 heterocycles. The van der Waals surface area contributed by atoms with Crippen molar-refractivity contribution >= 4 is 26.0 Å². The Kier molecular flexibility index (Phi) is 4.66. The molecule has 0 saturated carbocycles. The van der Waals surface area contributed by atoms with Crippen molar-refractivity contribution in [2.45, 2.75) is 37.2 Å². The minimum Gasteiger partial charge on any atom is -0.316 e. The Morgan fingerprint density at radius 3 is 2.79 bits per heavy atom. The second kappa shape index (κ2) is 5.91. The zero-order valence-electron chi connectivity index (χ0n) is 11.2. The first-order valence-electron chi connectivity index (χ1n) is 6.41. The van der Waals surface area contributed by atoms with E-state index in [2.05, 4.69) is 21.2 Å². The molecule has 1 aliphatic heterocycles.